The van der Waals surface area contributed by atoms with Crippen molar-refractivity contribution in [2.24, 2.45) is 0 Å². The van der Waals surface area contributed by atoms with Gasteiger partial charge in [-0.15, -0.1) is 0 Å². The maximum Gasteiger partial charge on any atom is 0.287 e. The Morgan fingerprint density at radius 1 is 1.17 bits per heavy atom. The fraction of sp³-hybridized carbons (Fsp3) is 0.167. The molecule has 0 fully saturated rings. The Morgan fingerprint density at radius 2 is 1.96 bits per heavy atom. The second-order valence-corrected chi connectivity index (χ2v) is 6.06. The first-order valence-electron chi connectivity index (χ1n) is 7.20. The quantitative estimate of drug-likeness (QED) is 0.726. The van der Waals surface area contributed by atoms with E-state index in [-0.39, 0.29) is 5.91 Å². The van der Waals surface area contributed by atoms with Crippen molar-refractivity contribution in [3.63, 3.8) is 0 Å². The van der Waals surface area contributed by atoms with Crippen molar-refractivity contribution in [2.45, 2.75) is 13.2 Å². The van der Waals surface area contributed by atoms with Gasteiger partial charge < -0.3 is 14.5 Å². The summed E-state index contributed by atoms with van der Waals surface area (Å²) in [5.41, 5.74) is 2.77. The summed E-state index contributed by atoms with van der Waals surface area (Å²) < 4.78 is 11.6. The Kier molecular flexibility index (Phi) is 4.79. The lowest BCUT2D eigenvalue weighted by Crippen LogP contribution is -2.22. The molecule has 0 saturated heterocycles. The molecule has 0 saturated carbocycles. The molecule has 1 heterocycles. The summed E-state index contributed by atoms with van der Waals surface area (Å²) in [7, 11) is 1.66. The Hall–Kier alpha value is -2.11. The molecule has 0 atom stereocenters. The average molecular weight is 374 g/mol. The zero-order chi connectivity index (χ0) is 16.2. The maximum atomic E-state index is 12.3. The number of methoxy groups -OCH3 is 1. The van der Waals surface area contributed by atoms with Gasteiger partial charge in [-0.1, -0.05) is 36.4 Å². The highest BCUT2D eigenvalue weighted by atomic mass is 79.9. The molecule has 0 aliphatic rings. The van der Waals surface area contributed by atoms with Gasteiger partial charge in [-0.3, -0.25) is 4.79 Å². The number of halogens is 1. The molecular formula is C18H16BrNO3. The summed E-state index contributed by atoms with van der Waals surface area (Å²) in [6.07, 6.45) is 0. The molecule has 0 aliphatic carbocycles. The lowest BCUT2D eigenvalue weighted by atomic mass is 10.1. The van der Waals surface area contributed by atoms with Crippen LogP contribution in [-0.2, 0) is 17.9 Å². The molecule has 5 heteroatoms. The van der Waals surface area contributed by atoms with E-state index in [0.29, 0.717) is 24.5 Å². The van der Waals surface area contributed by atoms with Crippen LogP contribution in [0.25, 0.3) is 11.0 Å². The minimum Gasteiger partial charge on any atom is -0.450 e. The first kappa shape index (κ1) is 15.8. The zero-order valence-electron chi connectivity index (χ0n) is 12.6. The average Bonchev–Trinajstić information content (AvgIpc) is 2.99. The van der Waals surface area contributed by atoms with E-state index < -0.39 is 0 Å². The number of nitrogens with one attached hydrogen (secondary N) is 1. The number of furan rings is 1. The van der Waals surface area contributed by atoms with Crippen LogP contribution in [0.2, 0.25) is 0 Å². The van der Waals surface area contributed by atoms with Gasteiger partial charge >= 0.3 is 0 Å². The molecule has 0 spiro atoms. The lowest BCUT2D eigenvalue weighted by Gasteiger charge is -2.06. The van der Waals surface area contributed by atoms with Crippen LogP contribution in [0.5, 0.6) is 0 Å². The van der Waals surface area contributed by atoms with Crippen molar-refractivity contribution in [2.75, 3.05) is 7.11 Å². The molecule has 4 nitrogen and oxygen atoms in total. The van der Waals surface area contributed by atoms with E-state index in [2.05, 4.69) is 21.2 Å². The van der Waals surface area contributed by atoms with E-state index in [1.165, 1.54) is 0 Å². The van der Waals surface area contributed by atoms with E-state index in [1.807, 2.05) is 42.5 Å². The third-order valence-corrected chi connectivity index (χ3v) is 4.10. The Balaban J connectivity index is 1.71. The molecule has 23 heavy (non-hydrogen) atoms. The van der Waals surface area contributed by atoms with Crippen LogP contribution in [0.4, 0.5) is 0 Å². The first-order valence-corrected chi connectivity index (χ1v) is 7.99. The summed E-state index contributed by atoms with van der Waals surface area (Å²) >= 11 is 3.42. The maximum absolute atomic E-state index is 12.3. The fourth-order valence-electron chi connectivity index (χ4n) is 2.40. The van der Waals surface area contributed by atoms with Gasteiger partial charge in [0.25, 0.3) is 5.91 Å². The largest absolute Gasteiger partial charge is 0.450 e. The van der Waals surface area contributed by atoms with Gasteiger partial charge in [-0.2, -0.15) is 0 Å². The predicted molar refractivity (Wildman–Crippen MR) is 92.2 cm³/mol. The Morgan fingerprint density at radius 3 is 2.74 bits per heavy atom. The molecule has 3 rings (SSSR count). The summed E-state index contributed by atoms with van der Waals surface area (Å²) in [5.74, 6) is 0.0743. The van der Waals surface area contributed by atoms with Crippen molar-refractivity contribution in [3.8, 4) is 0 Å². The second-order valence-electron chi connectivity index (χ2n) is 5.20. The molecule has 0 unspecified atom stereocenters. The summed E-state index contributed by atoms with van der Waals surface area (Å²) in [6, 6.07) is 15.4. The van der Waals surface area contributed by atoms with E-state index >= 15 is 0 Å². The number of ether oxygens (including phenoxy) is 1. The van der Waals surface area contributed by atoms with Crippen LogP contribution >= 0.6 is 15.9 Å². The van der Waals surface area contributed by atoms with Gasteiger partial charge in [0, 0.05) is 19.0 Å². The highest BCUT2D eigenvalue weighted by Gasteiger charge is 2.13. The number of carbonyl (C=O) groups excluding carboxylic acids is 1. The van der Waals surface area contributed by atoms with E-state index in [9.17, 15) is 4.79 Å². The molecule has 0 aliphatic heterocycles. The molecule has 118 valence electrons. The van der Waals surface area contributed by atoms with Gasteiger partial charge in [-0.05, 0) is 39.2 Å². The SMILES string of the molecule is COCc1cccc(CNC(=O)c2cc3cccc(Br)c3o2)c1. The van der Waals surface area contributed by atoms with E-state index in [4.69, 9.17) is 9.15 Å². The summed E-state index contributed by atoms with van der Waals surface area (Å²) in [6.45, 7) is 0.994. The number of carbonyl (C=O) groups is 1. The molecule has 0 bridgehead atoms. The topological polar surface area (TPSA) is 51.5 Å². The van der Waals surface area contributed by atoms with E-state index in [1.54, 1.807) is 13.2 Å². The third kappa shape index (κ3) is 3.63. The van der Waals surface area contributed by atoms with Gasteiger partial charge in [0.15, 0.2) is 5.76 Å². The second kappa shape index (κ2) is 6.98. The number of amides is 1. The van der Waals surface area contributed by atoms with Crippen LogP contribution < -0.4 is 5.32 Å². The molecule has 1 aromatic heterocycles. The fourth-order valence-corrected chi connectivity index (χ4v) is 2.87. The van der Waals surface area contributed by atoms with E-state index in [0.717, 1.165) is 21.0 Å². The van der Waals surface area contributed by atoms with Gasteiger partial charge in [0.05, 0.1) is 11.1 Å². The summed E-state index contributed by atoms with van der Waals surface area (Å²) in [5, 5.41) is 3.77. The smallest absolute Gasteiger partial charge is 0.287 e. The van der Waals surface area contributed by atoms with Crippen LogP contribution in [0.1, 0.15) is 21.7 Å². The Labute approximate surface area is 142 Å². The van der Waals surface area contributed by atoms with Crippen molar-refractivity contribution < 1.29 is 13.9 Å². The number of fused-ring (bicyclic) bond motifs is 1. The summed E-state index contributed by atoms with van der Waals surface area (Å²) in [4.78, 5) is 12.3. The monoisotopic (exact) mass is 373 g/mol. The lowest BCUT2D eigenvalue weighted by molar-refractivity contribution is 0.0925. The van der Waals surface area contributed by atoms with Crippen LogP contribution in [-0.4, -0.2) is 13.0 Å². The van der Waals surface area contributed by atoms with Crippen LogP contribution in [0, 0.1) is 0 Å². The molecule has 0 radical (unpaired) electrons. The number of rotatable bonds is 5. The first-order chi connectivity index (χ1) is 11.2. The van der Waals surface area contributed by atoms with Crippen molar-refractivity contribution in [1.82, 2.24) is 5.32 Å². The predicted octanol–water partition coefficient (Wildman–Crippen LogP) is 4.27. The van der Waals surface area contributed by atoms with Gasteiger partial charge in [-0.25, -0.2) is 0 Å². The number of hydrogen-bond acceptors (Lipinski definition) is 3. The molecular weight excluding hydrogens is 358 g/mol. The number of benzene rings is 2. The number of para-hydroxylation sites is 1. The molecule has 2 aromatic carbocycles. The van der Waals surface area contributed by atoms with Crippen molar-refractivity contribution in [3.05, 3.63) is 69.9 Å². The Bertz CT molecular complexity index is 841. The zero-order valence-corrected chi connectivity index (χ0v) is 14.2. The van der Waals surface area contributed by atoms with Gasteiger partial charge in [0.2, 0.25) is 0 Å². The molecule has 3 aromatic rings. The molecule has 1 N–H and O–H groups in total. The minimum atomic E-state index is -0.231. The normalized spacial score (nSPS) is 10.9. The highest BCUT2D eigenvalue weighted by Crippen LogP contribution is 2.26. The van der Waals surface area contributed by atoms with Gasteiger partial charge in [0.1, 0.15) is 5.58 Å². The van der Waals surface area contributed by atoms with Crippen LogP contribution in [0.15, 0.2) is 57.4 Å². The van der Waals surface area contributed by atoms with Crippen molar-refractivity contribution in [1.29, 1.82) is 0 Å². The third-order valence-electron chi connectivity index (χ3n) is 3.48. The highest BCUT2D eigenvalue weighted by molar-refractivity contribution is 9.10. The number of hydrogen-bond donors (Lipinski definition) is 1. The minimum absolute atomic E-state index is 0.231. The van der Waals surface area contributed by atoms with Crippen molar-refractivity contribution >= 4 is 32.8 Å². The molecule has 1 amide bonds. The van der Waals surface area contributed by atoms with Crippen LogP contribution in [0.3, 0.4) is 0 Å². The standard InChI is InChI=1S/C18H16BrNO3/c1-22-11-13-5-2-4-12(8-13)10-20-18(21)16-9-14-6-3-7-15(19)17(14)23-16/h2-9H,10-11H2,1H3,(H,20,21).